The standard InChI is InChI=1S/C13H14ClF2NO/c1-8-4-10(12(16)5-11(8)15)13(18)17-3-2-9(6-14)7-17/h4-5,9H,2-3,6-7H2,1H3. The zero-order chi connectivity index (χ0) is 13.3. The van der Waals surface area contributed by atoms with Crippen molar-refractivity contribution in [2.24, 2.45) is 5.92 Å². The molecule has 1 aliphatic heterocycles. The van der Waals surface area contributed by atoms with Crippen molar-refractivity contribution in [1.82, 2.24) is 4.90 Å². The molecule has 1 unspecified atom stereocenters. The molecule has 1 amide bonds. The quantitative estimate of drug-likeness (QED) is 0.759. The number of likely N-dealkylation sites (tertiary alicyclic amines) is 1. The molecule has 1 aliphatic rings. The Morgan fingerprint density at radius 3 is 2.78 bits per heavy atom. The number of carbonyl (C=O) groups is 1. The lowest BCUT2D eigenvalue weighted by molar-refractivity contribution is 0.0783. The minimum Gasteiger partial charge on any atom is -0.338 e. The Balaban J connectivity index is 2.22. The third-order valence-corrected chi connectivity index (χ3v) is 3.71. The molecule has 98 valence electrons. The van der Waals surface area contributed by atoms with E-state index >= 15 is 0 Å². The second-order valence-electron chi connectivity index (χ2n) is 4.64. The smallest absolute Gasteiger partial charge is 0.256 e. The summed E-state index contributed by atoms with van der Waals surface area (Å²) in [6.07, 6.45) is 0.830. The molecular weight excluding hydrogens is 260 g/mol. The third kappa shape index (κ3) is 2.48. The lowest BCUT2D eigenvalue weighted by Crippen LogP contribution is -2.29. The van der Waals surface area contributed by atoms with Crippen LogP contribution in [0, 0.1) is 24.5 Å². The average Bonchev–Trinajstić information content (AvgIpc) is 2.81. The first-order chi connectivity index (χ1) is 8.52. The SMILES string of the molecule is Cc1cc(C(=O)N2CCC(CCl)C2)c(F)cc1F. The first-order valence-corrected chi connectivity index (χ1v) is 6.37. The van der Waals surface area contributed by atoms with Gasteiger partial charge < -0.3 is 4.90 Å². The van der Waals surface area contributed by atoms with Gasteiger partial charge in [0.25, 0.3) is 5.91 Å². The Morgan fingerprint density at radius 2 is 2.17 bits per heavy atom. The van der Waals surface area contributed by atoms with Crippen LogP contribution in [0.25, 0.3) is 0 Å². The molecule has 1 aromatic carbocycles. The van der Waals surface area contributed by atoms with Gasteiger partial charge in [-0.1, -0.05) is 0 Å². The molecule has 0 bridgehead atoms. The van der Waals surface area contributed by atoms with Crippen molar-refractivity contribution in [2.45, 2.75) is 13.3 Å². The topological polar surface area (TPSA) is 20.3 Å². The number of hydrogen-bond acceptors (Lipinski definition) is 1. The highest BCUT2D eigenvalue weighted by Crippen LogP contribution is 2.22. The van der Waals surface area contributed by atoms with Gasteiger partial charge in [-0.05, 0) is 30.9 Å². The molecule has 0 saturated carbocycles. The molecule has 2 nitrogen and oxygen atoms in total. The van der Waals surface area contributed by atoms with Gasteiger partial charge in [0.2, 0.25) is 0 Å². The molecule has 1 aromatic rings. The lowest BCUT2D eigenvalue weighted by Gasteiger charge is -2.17. The van der Waals surface area contributed by atoms with Gasteiger partial charge in [0, 0.05) is 25.0 Å². The highest BCUT2D eigenvalue weighted by Gasteiger charge is 2.28. The highest BCUT2D eigenvalue weighted by molar-refractivity contribution is 6.18. The predicted octanol–water partition coefficient (Wildman–Crippen LogP) is 2.97. The van der Waals surface area contributed by atoms with Gasteiger partial charge in [-0.3, -0.25) is 4.79 Å². The van der Waals surface area contributed by atoms with E-state index in [1.807, 2.05) is 0 Å². The minimum absolute atomic E-state index is 0.0656. The Hall–Kier alpha value is -1.16. The van der Waals surface area contributed by atoms with Crippen molar-refractivity contribution in [3.05, 3.63) is 34.9 Å². The van der Waals surface area contributed by atoms with Crippen LogP contribution in [-0.4, -0.2) is 29.8 Å². The van der Waals surface area contributed by atoms with Gasteiger partial charge >= 0.3 is 0 Å². The van der Waals surface area contributed by atoms with E-state index < -0.39 is 11.6 Å². The van der Waals surface area contributed by atoms with E-state index in [1.54, 1.807) is 4.90 Å². The van der Waals surface area contributed by atoms with Gasteiger partial charge in [-0.2, -0.15) is 0 Å². The molecular formula is C13H14ClF2NO. The summed E-state index contributed by atoms with van der Waals surface area (Å²) in [6, 6.07) is 2.03. The number of alkyl halides is 1. The number of halogens is 3. The van der Waals surface area contributed by atoms with Crippen molar-refractivity contribution in [3.63, 3.8) is 0 Å². The Bertz CT molecular complexity index is 478. The first-order valence-electron chi connectivity index (χ1n) is 5.83. The molecule has 0 aliphatic carbocycles. The molecule has 0 N–H and O–H groups in total. The fourth-order valence-corrected chi connectivity index (χ4v) is 2.39. The highest BCUT2D eigenvalue weighted by atomic mass is 35.5. The maximum absolute atomic E-state index is 13.6. The molecule has 1 atom stereocenters. The summed E-state index contributed by atoms with van der Waals surface area (Å²) in [4.78, 5) is 13.7. The normalized spacial score (nSPS) is 19.3. The van der Waals surface area contributed by atoms with Gasteiger partial charge in [0.1, 0.15) is 11.6 Å². The van der Waals surface area contributed by atoms with Crippen LogP contribution < -0.4 is 0 Å². The zero-order valence-electron chi connectivity index (χ0n) is 10.0. The van der Waals surface area contributed by atoms with Crippen molar-refractivity contribution in [1.29, 1.82) is 0 Å². The molecule has 0 radical (unpaired) electrons. The van der Waals surface area contributed by atoms with E-state index in [-0.39, 0.29) is 23.0 Å². The minimum atomic E-state index is -0.808. The summed E-state index contributed by atoms with van der Waals surface area (Å²) in [6.45, 7) is 2.63. The number of nitrogens with zero attached hydrogens (tertiary/aromatic N) is 1. The lowest BCUT2D eigenvalue weighted by atomic mass is 10.1. The number of rotatable bonds is 2. The van der Waals surface area contributed by atoms with Crippen LogP contribution in [0.4, 0.5) is 8.78 Å². The largest absolute Gasteiger partial charge is 0.338 e. The van der Waals surface area contributed by atoms with E-state index in [9.17, 15) is 13.6 Å². The van der Waals surface area contributed by atoms with Crippen LogP contribution in [0.15, 0.2) is 12.1 Å². The summed E-state index contributed by atoms with van der Waals surface area (Å²) in [5.41, 5.74) is 0.206. The number of amides is 1. The van der Waals surface area contributed by atoms with E-state index in [0.717, 1.165) is 12.5 Å². The zero-order valence-corrected chi connectivity index (χ0v) is 10.8. The second kappa shape index (κ2) is 5.22. The fourth-order valence-electron chi connectivity index (χ4n) is 2.13. The van der Waals surface area contributed by atoms with Crippen molar-refractivity contribution in [2.75, 3.05) is 19.0 Å². The fraction of sp³-hybridized carbons (Fsp3) is 0.462. The van der Waals surface area contributed by atoms with Crippen molar-refractivity contribution in [3.8, 4) is 0 Å². The Kier molecular flexibility index (Phi) is 3.85. The first kappa shape index (κ1) is 13.3. The van der Waals surface area contributed by atoms with Gasteiger partial charge in [0.15, 0.2) is 0 Å². The maximum Gasteiger partial charge on any atom is 0.256 e. The number of hydrogen-bond donors (Lipinski definition) is 0. The molecule has 18 heavy (non-hydrogen) atoms. The predicted molar refractivity (Wildman–Crippen MR) is 65.8 cm³/mol. The van der Waals surface area contributed by atoms with E-state index in [1.165, 1.54) is 13.0 Å². The van der Waals surface area contributed by atoms with Crippen LogP contribution in [0.2, 0.25) is 0 Å². The van der Waals surface area contributed by atoms with E-state index in [0.29, 0.717) is 19.0 Å². The summed E-state index contributed by atoms with van der Waals surface area (Å²) in [7, 11) is 0. The summed E-state index contributed by atoms with van der Waals surface area (Å²) < 4.78 is 26.7. The molecule has 1 saturated heterocycles. The molecule has 1 fully saturated rings. The number of aryl methyl sites for hydroxylation is 1. The molecule has 0 aromatic heterocycles. The van der Waals surface area contributed by atoms with Gasteiger partial charge in [-0.15, -0.1) is 11.6 Å². The number of benzene rings is 1. The van der Waals surface area contributed by atoms with Crippen LogP contribution >= 0.6 is 11.6 Å². The average molecular weight is 274 g/mol. The van der Waals surface area contributed by atoms with Crippen LogP contribution in [0.5, 0.6) is 0 Å². The van der Waals surface area contributed by atoms with E-state index in [2.05, 4.69) is 0 Å². The summed E-state index contributed by atoms with van der Waals surface area (Å²) in [5, 5.41) is 0. The van der Waals surface area contributed by atoms with Gasteiger partial charge in [0.05, 0.1) is 5.56 Å². The summed E-state index contributed by atoms with van der Waals surface area (Å²) >= 11 is 5.74. The van der Waals surface area contributed by atoms with Crippen molar-refractivity contribution >= 4 is 17.5 Å². The van der Waals surface area contributed by atoms with E-state index in [4.69, 9.17) is 11.6 Å². The second-order valence-corrected chi connectivity index (χ2v) is 4.95. The van der Waals surface area contributed by atoms with Gasteiger partial charge in [-0.25, -0.2) is 8.78 Å². The van der Waals surface area contributed by atoms with Crippen LogP contribution in [0.1, 0.15) is 22.3 Å². The molecule has 1 heterocycles. The van der Waals surface area contributed by atoms with Crippen molar-refractivity contribution < 1.29 is 13.6 Å². The summed E-state index contributed by atoms with van der Waals surface area (Å²) in [5.74, 6) is -1.07. The van der Waals surface area contributed by atoms with Crippen LogP contribution in [-0.2, 0) is 0 Å². The maximum atomic E-state index is 13.6. The monoisotopic (exact) mass is 273 g/mol. The third-order valence-electron chi connectivity index (χ3n) is 3.27. The molecule has 0 spiro atoms. The molecule has 5 heteroatoms. The number of carbonyl (C=O) groups excluding carboxylic acids is 1. The Labute approximate surface area is 110 Å². The Morgan fingerprint density at radius 1 is 1.44 bits per heavy atom. The molecule has 2 rings (SSSR count). The van der Waals surface area contributed by atoms with Crippen LogP contribution in [0.3, 0.4) is 0 Å².